The molecule has 2 unspecified atom stereocenters. The van der Waals surface area contributed by atoms with Crippen LogP contribution in [0.2, 0.25) is 0 Å². The van der Waals surface area contributed by atoms with Crippen LogP contribution in [0.15, 0.2) is 81.2 Å². The number of aliphatic imine (C=N–C) groups is 2. The molecule has 1 aromatic heterocycles. The second-order valence-electron chi connectivity index (χ2n) is 7.49. The number of hydrogen-bond donors (Lipinski definition) is 2. The van der Waals surface area contributed by atoms with Crippen LogP contribution in [0, 0.1) is 0 Å². The molecule has 2 atom stereocenters. The maximum Gasteiger partial charge on any atom is 0.0658 e. The van der Waals surface area contributed by atoms with E-state index in [2.05, 4.69) is 42.4 Å². The first kappa shape index (κ1) is 15.9. The molecule has 0 radical (unpaired) electrons. The summed E-state index contributed by atoms with van der Waals surface area (Å²) in [7, 11) is 0. The van der Waals surface area contributed by atoms with Gasteiger partial charge in [-0.05, 0) is 85.6 Å². The normalized spacial score (nSPS) is 34.2. The van der Waals surface area contributed by atoms with Crippen LogP contribution in [0.1, 0.15) is 34.5 Å². The van der Waals surface area contributed by atoms with Crippen molar-refractivity contribution in [2.24, 2.45) is 9.98 Å². The van der Waals surface area contributed by atoms with Gasteiger partial charge in [0.25, 0.3) is 0 Å². The quantitative estimate of drug-likeness (QED) is 0.827. The van der Waals surface area contributed by atoms with E-state index in [-0.39, 0.29) is 6.40 Å². The van der Waals surface area contributed by atoms with Crippen molar-refractivity contribution in [2.45, 2.75) is 38.6 Å². The molecule has 8 bridgehead atoms. The van der Waals surface area contributed by atoms with Gasteiger partial charge in [0.15, 0.2) is 0 Å². The minimum atomic E-state index is -0.464. The van der Waals surface area contributed by atoms with Crippen LogP contribution >= 0.6 is 0 Å². The van der Waals surface area contributed by atoms with Gasteiger partial charge in [0, 0.05) is 17.8 Å². The third-order valence-electron chi connectivity index (χ3n) is 5.51. The smallest absolute Gasteiger partial charge is 0.0658 e. The number of nitrogens with zero attached hydrogens (tertiary/aromatic N) is 2. The summed E-state index contributed by atoms with van der Waals surface area (Å²) < 4.78 is 8.99. The first-order chi connectivity index (χ1) is 14.1. The fraction of sp³-hybridized carbons (Fsp3) is 0.250. The van der Waals surface area contributed by atoms with Gasteiger partial charge >= 0.3 is 0 Å². The Morgan fingerprint density at radius 3 is 2.32 bits per heavy atom. The van der Waals surface area contributed by atoms with Gasteiger partial charge < -0.3 is 10.3 Å². The van der Waals surface area contributed by atoms with Crippen LogP contribution in [-0.2, 0) is 0 Å². The Hall–Kier alpha value is -3.14. The molecule has 1 aromatic rings. The van der Waals surface area contributed by atoms with E-state index in [1.54, 1.807) is 0 Å². The van der Waals surface area contributed by atoms with Crippen molar-refractivity contribution in [3.63, 3.8) is 0 Å². The van der Waals surface area contributed by atoms with Gasteiger partial charge in [-0.3, -0.25) is 0 Å². The molecular weight excluding hydrogens is 344 g/mol. The molecule has 0 aromatic carbocycles. The highest BCUT2D eigenvalue weighted by Crippen LogP contribution is 2.36. The standard InChI is InChI=1S/C24H24N4/c1-3-16-14-24(4-2)15-22-10-9-20(27-22)12-18-6-5-17(25-18)11-19-7-8-21(26-19)13-23(16)28-24/h5-13,15,25,28H,3-4,14H2,1-2H3/b17-11-,18-12-,21-13-,22-15-/i14D. The maximum atomic E-state index is 8.99. The number of hydrogen-bond acceptors (Lipinski definition) is 3. The Balaban J connectivity index is 1.72. The van der Waals surface area contributed by atoms with Crippen LogP contribution in [0.4, 0.5) is 0 Å². The van der Waals surface area contributed by atoms with Crippen molar-refractivity contribution in [2.75, 3.05) is 0 Å². The predicted octanol–water partition coefficient (Wildman–Crippen LogP) is 3.18. The SMILES string of the molecule is [2H]C1C(CC)=C2/C=C3/C=CC(=N3)/C=c3/cc/c([nH]3)=C/C3=NC(=C\C1(CC)N2)/C=C3. The zero-order valence-electron chi connectivity index (χ0n) is 17.2. The van der Waals surface area contributed by atoms with Crippen LogP contribution in [0.3, 0.4) is 0 Å². The van der Waals surface area contributed by atoms with E-state index in [1.165, 1.54) is 0 Å². The van der Waals surface area contributed by atoms with E-state index in [0.717, 1.165) is 57.6 Å². The van der Waals surface area contributed by atoms with Crippen molar-refractivity contribution < 1.29 is 1.37 Å². The van der Waals surface area contributed by atoms with E-state index in [9.17, 15) is 0 Å². The Labute approximate surface area is 166 Å². The largest absolute Gasteiger partial charge is 0.376 e. The molecule has 5 heterocycles. The summed E-state index contributed by atoms with van der Waals surface area (Å²) in [5.41, 5.74) is 5.30. The zero-order valence-corrected chi connectivity index (χ0v) is 16.2. The minimum Gasteiger partial charge on any atom is -0.376 e. The molecule has 4 aliphatic heterocycles. The third-order valence-corrected chi connectivity index (χ3v) is 5.51. The highest BCUT2D eigenvalue weighted by atomic mass is 15.0. The average Bonchev–Trinajstić information content (AvgIpc) is 3.47. The number of nitrogens with one attached hydrogen (secondary N) is 2. The van der Waals surface area contributed by atoms with Crippen molar-refractivity contribution in [3.8, 4) is 0 Å². The summed E-state index contributed by atoms with van der Waals surface area (Å²) in [6.45, 7) is 4.25. The molecule has 4 nitrogen and oxygen atoms in total. The summed E-state index contributed by atoms with van der Waals surface area (Å²) in [6.07, 6.45) is 17.7. The van der Waals surface area contributed by atoms with E-state index >= 15 is 0 Å². The van der Waals surface area contributed by atoms with Crippen molar-refractivity contribution in [3.05, 3.63) is 82.0 Å². The van der Waals surface area contributed by atoms with Crippen molar-refractivity contribution >= 4 is 23.6 Å². The van der Waals surface area contributed by atoms with E-state index in [1.807, 2.05) is 42.5 Å². The summed E-state index contributed by atoms with van der Waals surface area (Å²) in [6, 6.07) is 4.10. The van der Waals surface area contributed by atoms with Gasteiger partial charge in [-0.25, -0.2) is 9.98 Å². The highest BCUT2D eigenvalue weighted by molar-refractivity contribution is 6.20. The van der Waals surface area contributed by atoms with E-state index in [0.29, 0.717) is 0 Å². The lowest BCUT2D eigenvalue weighted by molar-refractivity contribution is 0.456. The predicted molar refractivity (Wildman–Crippen MR) is 116 cm³/mol. The van der Waals surface area contributed by atoms with E-state index in [4.69, 9.17) is 11.4 Å². The molecule has 0 fully saturated rings. The number of aromatic amines is 1. The highest BCUT2D eigenvalue weighted by Gasteiger charge is 2.34. The lowest BCUT2D eigenvalue weighted by atomic mass is 9.89. The fourth-order valence-corrected chi connectivity index (χ4v) is 3.99. The minimum absolute atomic E-state index is 0.352. The lowest BCUT2D eigenvalue weighted by Crippen LogP contribution is -2.37. The molecule has 4 aliphatic rings. The Morgan fingerprint density at radius 2 is 1.64 bits per heavy atom. The molecule has 140 valence electrons. The van der Waals surface area contributed by atoms with Crippen molar-refractivity contribution in [1.29, 1.82) is 0 Å². The number of allylic oxidation sites excluding steroid dienone is 5. The number of fused-ring (bicyclic) bond motifs is 6. The first-order valence-corrected chi connectivity index (χ1v) is 9.88. The molecule has 0 saturated heterocycles. The molecule has 4 heteroatoms. The molecule has 0 saturated carbocycles. The Morgan fingerprint density at radius 1 is 0.964 bits per heavy atom. The summed E-state index contributed by atoms with van der Waals surface area (Å²) in [5, 5.41) is 5.67. The molecule has 0 spiro atoms. The lowest BCUT2D eigenvalue weighted by Gasteiger charge is -2.26. The van der Waals surface area contributed by atoms with Gasteiger partial charge in [0.05, 0.1) is 28.4 Å². The number of rotatable bonds is 2. The number of H-pyrrole nitrogens is 1. The van der Waals surface area contributed by atoms with Crippen LogP contribution in [0.5, 0.6) is 0 Å². The molecule has 28 heavy (non-hydrogen) atoms. The van der Waals surface area contributed by atoms with Gasteiger partial charge in [-0.2, -0.15) is 0 Å². The Bertz CT molecular complexity index is 1220. The monoisotopic (exact) mass is 369 g/mol. The Kier molecular flexibility index (Phi) is 3.67. The number of aromatic nitrogens is 1. The summed E-state index contributed by atoms with van der Waals surface area (Å²) in [5.74, 6) is 0. The van der Waals surface area contributed by atoms with Crippen LogP contribution in [-0.4, -0.2) is 21.9 Å². The third kappa shape index (κ3) is 3.05. The second-order valence-corrected chi connectivity index (χ2v) is 7.49. The maximum absolute atomic E-state index is 8.99. The van der Waals surface area contributed by atoms with Gasteiger partial charge in [0.1, 0.15) is 0 Å². The molecule has 0 aliphatic carbocycles. The van der Waals surface area contributed by atoms with Gasteiger partial charge in [-0.1, -0.05) is 13.8 Å². The van der Waals surface area contributed by atoms with E-state index < -0.39 is 5.54 Å². The van der Waals surface area contributed by atoms with Gasteiger partial charge in [-0.15, -0.1) is 0 Å². The molecule has 0 amide bonds. The van der Waals surface area contributed by atoms with Crippen LogP contribution in [0.25, 0.3) is 12.2 Å². The first-order valence-electron chi connectivity index (χ1n) is 10.5. The average molecular weight is 369 g/mol. The fourth-order valence-electron chi connectivity index (χ4n) is 3.99. The zero-order chi connectivity index (χ0) is 20.0. The second kappa shape index (κ2) is 6.48. The van der Waals surface area contributed by atoms with Gasteiger partial charge in [0.2, 0.25) is 0 Å². The summed E-state index contributed by atoms with van der Waals surface area (Å²) in [4.78, 5) is 12.9. The molecular formula is C24H24N4. The van der Waals surface area contributed by atoms with Crippen LogP contribution < -0.4 is 16.0 Å². The molecule has 5 rings (SSSR count). The van der Waals surface area contributed by atoms with Crippen molar-refractivity contribution in [1.82, 2.24) is 10.3 Å². The summed E-state index contributed by atoms with van der Waals surface area (Å²) >= 11 is 0. The molecule has 2 N–H and O–H groups in total. The topological polar surface area (TPSA) is 52.5 Å².